The van der Waals surface area contributed by atoms with Gasteiger partial charge < -0.3 is 40.5 Å². The second-order valence-corrected chi connectivity index (χ2v) is 18.0. The zero-order chi connectivity index (χ0) is 45.6. The predicted octanol–water partition coefficient (Wildman–Crippen LogP) is 4.75. The van der Waals surface area contributed by atoms with Gasteiger partial charge in [0, 0.05) is 77.6 Å². The highest BCUT2D eigenvalue weighted by Crippen LogP contribution is 2.32. The van der Waals surface area contributed by atoms with Crippen LogP contribution in [-0.2, 0) is 41.7 Å². The van der Waals surface area contributed by atoms with Gasteiger partial charge in [-0.3, -0.25) is 19.2 Å². The third kappa shape index (κ3) is 13.3. The maximum Gasteiger partial charge on any atom is 0.270 e. The number of hydrogen-bond donors (Lipinski definition) is 4. The van der Waals surface area contributed by atoms with Crippen molar-refractivity contribution in [2.75, 3.05) is 90.6 Å². The number of aromatic nitrogens is 2. The number of carbonyl (C=O) groups excluding carboxylic acids is 4. The molecule has 0 fully saturated rings. The quantitative estimate of drug-likeness (QED) is 0.0532. The van der Waals surface area contributed by atoms with E-state index in [-0.39, 0.29) is 76.0 Å². The van der Waals surface area contributed by atoms with Gasteiger partial charge in [-0.2, -0.15) is 9.13 Å². The van der Waals surface area contributed by atoms with Gasteiger partial charge in [-0.05, 0) is 85.6 Å². The fourth-order valence-electron chi connectivity index (χ4n) is 7.05. The lowest BCUT2D eigenvalue weighted by molar-refractivity contribution is -0.654. The molecule has 14 nitrogen and oxygen atoms in total. The Kier molecular flexibility index (Phi) is 17.2. The van der Waals surface area contributed by atoms with Crippen LogP contribution in [0.1, 0.15) is 24.0 Å². The second-order valence-electron chi connectivity index (χ2n) is 15.9. The first-order chi connectivity index (χ1) is 30.9. The SMILES string of the molecule is Cc1ccc2c(c1)sc(-c1ccc(N(C)C)cc1)[n+]2CCNC(=O)CCC(=O)NCCOCCNC(=O)COCC(=O)NCC[n+]1c(-c2ccc(N(C)C)cc2)sc2cc(C)ccc21. The molecule has 6 rings (SSSR count). The Bertz CT molecular complexity index is 2540. The summed E-state index contributed by atoms with van der Waals surface area (Å²) >= 11 is 3.46. The van der Waals surface area contributed by atoms with Crippen molar-refractivity contribution in [1.82, 2.24) is 21.3 Å². The Labute approximate surface area is 383 Å². The summed E-state index contributed by atoms with van der Waals surface area (Å²) in [6.07, 6.45) is 0.143. The molecule has 0 saturated carbocycles. The maximum absolute atomic E-state index is 12.6. The Balaban J connectivity index is 0.807. The predicted molar refractivity (Wildman–Crippen MR) is 256 cm³/mol. The van der Waals surface area contributed by atoms with Crippen molar-refractivity contribution in [2.24, 2.45) is 0 Å². The number of amides is 4. The van der Waals surface area contributed by atoms with E-state index in [4.69, 9.17) is 9.47 Å². The van der Waals surface area contributed by atoms with Gasteiger partial charge in [-0.25, -0.2) is 0 Å². The molecular formula is C48H60N8O6S2+2. The van der Waals surface area contributed by atoms with Crippen molar-refractivity contribution in [3.63, 3.8) is 0 Å². The summed E-state index contributed by atoms with van der Waals surface area (Å²) < 4.78 is 17.7. The molecule has 4 amide bonds. The van der Waals surface area contributed by atoms with E-state index in [9.17, 15) is 19.2 Å². The zero-order valence-corrected chi connectivity index (χ0v) is 39.3. The van der Waals surface area contributed by atoms with Crippen molar-refractivity contribution in [3.8, 4) is 21.1 Å². The summed E-state index contributed by atoms with van der Waals surface area (Å²) in [5.74, 6) is -1.10. The van der Waals surface area contributed by atoms with E-state index in [1.54, 1.807) is 22.7 Å². The van der Waals surface area contributed by atoms with Crippen LogP contribution in [0.3, 0.4) is 0 Å². The molecular weight excluding hydrogens is 849 g/mol. The van der Waals surface area contributed by atoms with Gasteiger partial charge >= 0.3 is 0 Å². The first-order valence-electron chi connectivity index (χ1n) is 21.5. The molecule has 2 heterocycles. The van der Waals surface area contributed by atoms with Crippen molar-refractivity contribution < 1.29 is 37.8 Å². The standard InChI is InChI=1S/C48H58N8O6S2/c1-33-7-17-39-41(29-33)63-47(35-9-13-37(14-10-35)53(3)4)55(39)25-21-49-43(57)19-20-44(58)51-23-27-61-28-24-52-46(60)32-62-31-45(59)50-22-26-56-40-18-8-34(2)30-42(40)64-48(56)36-11-15-38(16-12-36)54(5)6/h7-18,29-30H,19-28,31-32H2,1-6H3,(H2-2,49,50,51,52,57,58,59,60)/p+2. The van der Waals surface area contributed by atoms with Crippen LogP contribution in [0, 0.1) is 13.8 Å². The van der Waals surface area contributed by atoms with Gasteiger partial charge in [0.1, 0.15) is 22.6 Å². The van der Waals surface area contributed by atoms with Crippen LogP contribution < -0.4 is 40.2 Å². The van der Waals surface area contributed by atoms with Crippen molar-refractivity contribution >= 4 is 78.1 Å². The molecule has 0 aliphatic carbocycles. The average molecular weight is 909 g/mol. The third-order valence-electron chi connectivity index (χ3n) is 10.5. The van der Waals surface area contributed by atoms with E-state index >= 15 is 0 Å². The number of thiazole rings is 2. The number of anilines is 2. The monoisotopic (exact) mass is 908 g/mol. The van der Waals surface area contributed by atoms with E-state index < -0.39 is 0 Å². The first-order valence-corrected chi connectivity index (χ1v) is 23.1. The van der Waals surface area contributed by atoms with Gasteiger partial charge in [0.05, 0.1) is 37.4 Å². The minimum atomic E-state index is -0.365. The molecule has 0 aliphatic rings. The molecule has 0 bridgehead atoms. The fourth-order valence-corrected chi connectivity index (χ4v) is 9.63. The second kappa shape index (κ2) is 23.1. The van der Waals surface area contributed by atoms with Crippen molar-refractivity contribution in [3.05, 3.63) is 96.1 Å². The number of rotatable bonds is 23. The number of benzene rings is 4. The largest absolute Gasteiger partial charge is 0.378 e. The molecule has 4 aromatic carbocycles. The highest BCUT2D eigenvalue weighted by atomic mass is 32.1. The molecule has 64 heavy (non-hydrogen) atoms. The molecule has 338 valence electrons. The summed E-state index contributed by atoms with van der Waals surface area (Å²) in [7, 11) is 8.07. The fraction of sp³-hybridized carbons (Fsp3) is 0.375. The van der Waals surface area contributed by atoms with Gasteiger partial charge in [0.15, 0.2) is 13.1 Å². The highest BCUT2D eigenvalue weighted by Gasteiger charge is 2.24. The average Bonchev–Trinajstić information content (AvgIpc) is 3.82. The van der Waals surface area contributed by atoms with Crippen LogP contribution >= 0.6 is 22.7 Å². The first kappa shape index (κ1) is 47.5. The van der Waals surface area contributed by atoms with Crippen LogP contribution in [0.4, 0.5) is 11.4 Å². The van der Waals surface area contributed by atoms with Gasteiger partial charge in [0.2, 0.25) is 34.7 Å². The van der Waals surface area contributed by atoms with Crippen molar-refractivity contribution in [2.45, 2.75) is 39.8 Å². The van der Waals surface area contributed by atoms with Gasteiger partial charge in [-0.15, -0.1) is 0 Å². The molecule has 0 atom stereocenters. The molecule has 2 aromatic heterocycles. The maximum atomic E-state index is 12.6. The molecule has 4 N–H and O–H groups in total. The minimum Gasteiger partial charge on any atom is -0.378 e. The van der Waals surface area contributed by atoms with Crippen LogP contribution in [0.2, 0.25) is 0 Å². The number of ether oxygens (including phenoxy) is 2. The Hall–Kier alpha value is -5.94. The van der Waals surface area contributed by atoms with Crippen LogP contribution in [-0.4, -0.2) is 104 Å². The smallest absolute Gasteiger partial charge is 0.270 e. The van der Waals surface area contributed by atoms with E-state index in [1.165, 1.54) is 20.5 Å². The normalized spacial score (nSPS) is 11.2. The molecule has 0 saturated heterocycles. The Morgan fingerprint density at radius 1 is 0.516 bits per heavy atom. The van der Waals surface area contributed by atoms with E-state index in [0.717, 1.165) is 43.6 Å². The lowest BCUT2D eigenvalue weighted by Gasteiger charge is -2.12. The zero-order valence-electron chi connectivity index (χ0n) is 37.6. The van der Waals surface area contributed by atoms with Gasteiger partial charge in [-0.1, -0.05) is 34.8 Å². The molecule has 0 spiro atoms. The van der Waals surface area contributed by atoms with E-state index in [0.29, 0.717) is 26.2 Å². The number of hydrogen-bond acceptors (Lipinski definition) is 10. The molecule has 0 unspecified atom stereocenters. The van der Waals surface area contributed by atoms with Gasteiger partial charge in [0.25, 0.3) is 10.0 Å². The summed E-state index contributed by atoms with van der Waals surface area (Å²) in [5, 5.41) is 13.6. The van der Waals surface area contributed by atoms with E-state index in [2.05, 4.69) is 139 Å². The highest BCUT2D eigenvalue weighted by molar-refractivity contribution is 7.21. The van der Waals surface area contributed by atoms with Crippen molar-refractivity contribution in [1.29, 1.82) is 0 Å². The summed E-state index contributed by atoms with van der Waals surface area (Å²) in [6.45, 7) is 6.68. The summed E-state index contributed by atoms with van der Waals surface area (Å²) in [5.41, 5.74) is 9.09. The van der Waals surface area contributed by atoms with Crippen LogP contribution in [0.15, 0.2) is 84.9 Å². The minimum absolute atomic E-state index is 0.0645. The Morgan fingerprint density at radius 3 is 1.33 bits per heavy atom. The number of carbonyl (C=O) groups is 4. The topological polar surface area (TPSA) is 149 Å². The Morgan fingerprint density at radius 2 is 0.906 bits per heavy atom. The molecule has 6 aromatic rings. The summed E-state index contributed by atoms with van der Waals surface area (Å²) in [6, 6.07) is 29.7. The number of fused-ring (bicyclic) bond motifs is 2. The number of aryl methyl sites for hydroxylation is 2. The van der Waals surface area contributed by atoms with Crippen LogP contribution in [0.25, 0.3) is 41.6 Å². The summed E-state index contributed by atoms with van der Waals surface area (Å²) in [4.78, 5) is 54.0. The lowest BCUT2D eigenvalue weighted by Crippen LogP contribution is -2.42. The molecule has 16 heteroatoms. The van der Waals surface area contributed by atoms with Crippen LogP contribution in [0.5, 0.6) is 0 Å². The van der Waals surface area contributed by atoms with E-state index in [1.807, 2.05) is 28.2 Å². The lowest BCUT2D eigenvalue weighted by atomic mass is 10.2. The molecule has 0 aliphatic heterocycles. The number of nitrogens with one attached hydrogen (secondary N) is 4. The molecule has 0 radical (unpaired) electrons. The number of nitrogens with zero attached hydrogens (tertiary/aromatic N) is 4. The third-order valence-corrected chi connectivity index (χ3v) is 12.9.